The number of hydrogen-bond donors (Lipinski definition) is 1. The van der Waals surface area contributed by atoms with Crippen molar-refractivity contribution in [2.75, 3.05) is 13.2 Å². The van der Waals surface area contributed by atoms with Crippen molar-refractivity contribution in [3.8, 4) is 0 Å². The summed E-state index contributed by atoms with van der Waals surface area (Å²) in [6.45, 7) is 6.21. The predicted octanol–water partition coefficient (Wildman–Crippen LogP) is 1.78. The second kappa shape index (κ2) is 4.93. The molecular weight excluding hydrogens is 200 g/mol. The second-order valence-corrected chi connectivity index (χ2v) is 4.68. The van der Waals surface area contributed by atoms with E-state index in [9.17, 15) is 0 Å². The Bertz CT molecular complexity index is 328. The standard InChI is InChI=1S/C13H20N2O/c1-11-13(2,7-10-16-11)15-9-6-12-5-3-4-8-14-12/h3-5,8,11,15H,6-7,9-10H2,1-2H3. The van der Waals surface area contributed by atoms with Crippen LogP contribution in [0.25, 0.3) is 0 Å². The Morgan fingerprint density at radius 1 is 1.56 bits per heavy atom. The number of aromatic nitrogens is 1. The van der Waals surface area contributed by atoms with E-state index < -0.39 is 0 Å². The zero-order valence-corrected chi connectivity index (χ0v) is 10.1. The largest absolute Gasteiger partial charge is 0.377 e. The molecule has 2 unspecified atom stereocenters. The van der Waals surface area contributed by atoms with Crippen LogP contribution in [-0.4, -0.2) is 29.8 Å². The lowest BCUT2D eigenvalue weighted by Crippen LogP contribution is -2.48. The van der Waals surface area contributed by atoms with Crippen LogP contribution in [0, 0.1) is 0 Å². The zero-order chi connectivity index (χ0) is 11.4. The Morgan fingerprint density at radius 2 is 2.44 bits per heavy atom. The maximum absolute atomic E-state index is 5.59. The molecule has 88 valence electrons. The first kappa shape index (κ1) is 11.6. The van der Waals surface area contributed by atoms with Crippen molar-refractivity contribution >= 4 is 0 Å². The maximum Gasteiger partial charge on any atom is 0.0726 e. The molecule has 1 aromatic heterocycles. The van der Waals surface area contributed by atoms with Crippen LogP contribution in [0.3, 0.4) is 0 Å². The highest BCUT2D eigenvalue weighted by Gasteiger charge is 2.36. The fourth-order valence-electron chi connectivity index (χ4n) is 2.09. The van der Waals surface area contributed by atoms with Crippen molar-refractivity contribution in [2.45, 2.75) is 38.3 Å². The van der Waals surface area contributed by atoms with Crippen LogP contribution < -0.4 is 5.32 Å². The van der Waals surface area contributed by atoms with Gasteiger partial charge in [-0.3, -0.25) is 4.98 Å². The molecule has 2 rings (SSSR count). The third-order valence-electron chi connectivity index (χ3n) is 3.52. The van der Waals surface area contributed by atoms with Gasteiger partial charge < -0.3 is 10.1 Å². The number of nitrogens with one attached hydrogen (secondary N) is 1. The molecule has 1 saturated heterocycles. The third kappa shape index (κ3) is 2.60. The first-order chi connectivity index (χ1) is 7.71. The summed E-state index contributed by atoms with van der Waals surface area (Å²) in [4.78, 5) is 4.31. The van der Waals surface area contributed by atoms with Gasteiger partial charge in [0, 0.05) is 37.0 Å². The van der Waals surface area contributed by atoms with Crippen molar-refractivity contribution in [1.82, 2.24) is 10.3 Å². The number of hydrogen-bond acceptors (Lipinski definition) is 3. The maximum atomic E-state index is 5.59. The summed E-state index contributed by atoms with van der Waals surface area (Å²) in [5.74, 6) is 0. The molecule has 3 nitrogen and oxygen atoms in total. The van der Waals surface area contributed by atoms with Gasteiger partial charge in [0.2, 0.25) is 0 Å². The molecule has 1 N–H and O–H groups in total. The molecule has 0 spiro atoms. The summed E-state index contributed by atoms with van der Waals surface area (Å²) >= 11 is 0. The van der Waals surface area contributed by atoms with Crippen LogP contribution in [0.2, 0.25) is 0 Å². The third-order valence-corrected chi connectivity index (χ3v) is 3.52. The highest BCUT2D eigenvalue weighted by molar-refractivity contribution is 5.04. The average Bonchev–Trinajstić information content (AvgIpc) is 2.61. The molecule has 0 bridgehead atoms. The van der Waals surface area contributed by atoms with Crippen molar-refractivity contribution in [2.24, 2.45) is 0 Å². The van der Waals surface area contributed by atoms with Crippen LogP contribution in [-0.2, 0) is 11.2 Å². The minimum Gasteiger partial charge on any atom is -0.377 e. The topological polar surface area (TPSA) is 34.1 Å². The Kier molecular flexibility index (Phi) is 3.56. The molecule has 1 aliphatic heterocycles. The summed E-state index contributed by atoms with van der Waals surface area (Å²) in [5, 5.41) is 3.59. The first-order valence-corrected chi connectivity index (χ1v) is 5.97. The van der Waals surface area contributed by atoms with E-state index in [4.69, 9.17) is 4.74 Å². The van der Waals surface area contributed by atoms with Gasteiger partial charge in [-0.25, -0.2) is 0 Å². The smallest absolute Gasteiger partial charge is 0.0726 e. The van der Waals surface area contributed by atoms with Crippen LogP contribution in [0.5, 0.6) is 0 Å². The highest BCUT2D eigenvalue weighted by Crippen LogP contribution is 2.24. The van der Waals surface area contributed by atoms with Gasteiger partial charge in [0.1, 0.15) is 0 Å². The molecule has 0 amide bonds. The van der Waals surface area contributed by atoms with Crippen molar-refractivity contribution < 1.29 is 4.74 Å². The lowest BCUT2D eigenvalue weighted by Gasteiger charge is -2.29. The molecule has 3 heteroatoms. The SMILES string of the molecule is CC1OCCC1(C)NCCc1ccccn1. The zero-order valence-electron chi connectivity index (χ0n) is 10.1. The van der Waals surface area contributed by atoms with Gasteiger partial charge in [-0.1, -0.05) is 6.07 Å². The van der Waals surface area contributed by atoms with E-state index in [0.717, 1.165) is 31.7 Å². The summed E-state index contributed by atoms with van der Waals surface area (Å²) in [7, 11) is 0. The quantitative estimate of drug-likeness (QED) is 0.840. The fourth-order valence-corrected chi connectivity index (χ4v) is 2.09. The highest BCUT2D eigenvalue weighted by atomic mass is 16.5. The van der Waals surface area contributed by atoms with Crippen LogP contribution in [0.1, 0.15) is 26.0 Å². The molecule has 2 atom stereocenters. The molecule has 0 aromatic carbocycles. The Labute approximate surface area is 97.2 Å². The van der Waals surface area contributed by atoms with Gasteiger partial charge in [0.25, 0.3) is 0 Å². The molecule has 1 aliphatic rings. The molecule has 1 aromatic rings. The summed E-state index contributed by atoms with van der Waals surface area (Å²) < 4.78 is 5.59. The van der Waals surface area contributed by atoms with E-state index in [2.05, 4.69) is 30.2 Å². The van der Waals surface area contributed by atoms with Gasteiger partial charge in [0.05, 0.1) is 6.10 Å². The second-order valence-electron chi connectivity index (χ2n) is 4.68. The minimum atomic E-state index is 0.134. The van der Waals surface area contributed by atoms with Crippen LogP contribution in [0.15, 0.2) is 24.4 Å². The van der Waals surface area contributed by atoms with E-state index in [1.807, 2.05) is 18.3 Å². The Morgan fingerprint density at radius 3 is 3.06 bits per heavy atom. The normalized spacial score (nSPS) is 29.5. The van der Waals surface area contributed by atoms with Crippen molar-refractivity contribution in [3.05, 3.63) is 30.1 Å². The molecule has 1 fully saturated rings. The van der Waals surface area contributed by atoms with E-state index in [1.54, 1.807) is 0 Å². The van der Waals surface area contributed by atoms with Crippen molar-refractivity contribution in [3.63, 3.8) is 0 Å². The Balaban J connectivity index is 1.80. The van der Waals surface area contributed by atoms with E-state index >= 15 is 0 Å². The van der Waals surface area contributed by atoms with Gasteiger partial charge in [-0.05, 0) is 32.4 Å². The molecule has 0 radical (unpaired) electrons. The summed E-state index contributed by atoms with van der Waals surface area (Å²) in [5.41, 5.74) is 1.28. The van der Waals surface area contributed by atoms with Gasteiger partial charge in [0.15, 0.2) is 0 Å². The predicted molar refractivity (Wildman–Crippen MR) is 64.4 cm³/mol. The Hall–Kier alpha value is -0.930. The first-order valence-electron chi connectivity index (χ1n) is 5.97. The molecular formula is C13H20N2O. The lowest BCUT2D eigenvalue weighted by molar-refractivity contribution is 0.0889. The summed E-state index contributed by atoms with van der Waals surface area (Å²) in [6.07, 6.45) is 4.22. The van der Waals surface area contributed by atoms with Crippen LogP contribution in [0.4, 0.5) is 0 Å². The van der Waals surface area contributed by atoms with Gasteiger partial charge in [-0.15, -0.1) is 0 Å². The average molecular weight is 220 g/mol. The van der Waals surface area contributed by atoms with Gasteiger partial charge >= 0.3 is 0 Å². The molecule has 0 aliphatic carbocycles. The van der Waals surface area contributed by atoms with Gasteiger partial charge in [-0.2, -0.15) is 0 Å². The van der Waals surface area contributed by atoms with E-state index in [1.165, 1.54) is 0 Å². The number of ether oxygens (including phenoxy) is 1. The minimum absolute atomic E-state index is 0.134. The van der Waals surface area contributed by atoms with Crippen molar-refractivity contribution in [1.29, 1.82) is 0 Å². The summed E-state index contributed by atoms with van der Waals surface area (Å²) in [6, 6.07) is 6.05. The number of nitrogens with zero attached hydrogens (tertiary/aromatic N) is 1. The molecule has 16 heavy (non-hydrogen) atoms. The van der Waals surface area contributed by atoms with E-state index in [-0.39, 0.29) is 5.54 Å². The number of rotatable bonds is 4. The van der Waals surface area contributed by atoms with Crippen LogP contribution >= 0.6 is 0 Å². The molecule has 0 saturated carbocycles. The fraction of sp³-hybridized carbons (Fsp3) is 0.615. The lowest BCUT2D eigenvalue weighted by atomic mass is 9.94. The monoisotopic (exact) mass is 220 g/mol. The molecule has 2 heterocycles. The number of pyridine rings is 1. The van der Waals surface area contributed by atoms with E-state index in [0.29, 0.717) is 6.10 Å².